The Morgan fingerprint density at radius 1 is 1.31 bits per heavy atom. The van der Waals surface area contributed by atoms with Crippen molar-refractivity contribution in [2.75, 3.05) is 0 Å². The monoisotopic (exact) mass is 362 g/mol. The molecule has 2 aromatic rings. The maximum atomic E-state index is 13.6. The molecule has 1 aromatic carbocycles. The predicted octanol–water partition coefficient (Wildman–Crippen LogP) is 5.33. The summed E-state index contributed by atoms with van der Waals surface area (Å²) in [4.78, 5) is 0.0135. The van der Waals surface area contributed by atoms with Crippen LogP contribution in [0.2, 0.25) is 0 Å². The molecule has 0 saturated heterocycles. The summed E-state index contributed by atoms with van der Waals surface area (Å²) in [6.45, 7) is 0. The second kappa shape index (κ2) is 5.43. The van der Waals surface area contributed by atoms with E-state index < -0.39 is 0 Å². The van der Waals surface area contributed by atoms with Crippen molar-refractivity contribution in [2.24, 2.45) is 0 Å². The van der Waals surface area contributed by atoms with E-state index in [1.807, 2.05) is 11.4 Å². The van der Waals surface area contributed by atoms with Crippen LogP contribution in [0.5, 0.6) is 0 Å². The van der Waals surface area contributed by atoms with Gasteiger partial charge in [0.2, 0.25) is 0 Å². The summed E-state index contributed by atoms with van der Waals surface area (Å²) in [5.41, 5.74) is 1.92. The zero-order valence-corrected chi connectivity index (χ0v) is 12.3. The molecule has 2 rings (SSSR count). The lowest BCUT2D eigenvalue weighted by atomic mass is 10.1. The Morgan fingerprint density at radius 3 is 2.81 bits per heavy atom. The van der Waals surface area contributed by atoms with Gasteiger partial charge in [-0.15, -0.1) is 0 Å². The van der Waals surface area contributed by atoms with Gasteiger partial charge >= 0.3 is 0 Å². The van der Waals surface area contributed by atoms with E-state index in [0.717, 1.165) is 10.9 Å². The fourth-order valence-corrected chi connectivity index (χ4v) is 3.27. The zero-order valence-electron chi connectivity index (χ0n) is 8.29. The molecule has 0 aliphatic rings. The Kier molecular flexibility index (Phi) is 4.16. The lowest BCUT2D eigenvalue weighted by molar-refractivity contribution is 0.607. The predicted molar refractivity (Wildman–Crippen MR) is 73.8 cm³/mol. The first-order valence-corrected chi connectivity index (χ1v) is 7.42. The van der Waals surface area contributed by atoms with E-state index in [2.05, 4.69) is 43.3 Å². The minimum Gasteiger partial charge on any atom is -0.207 e. The van der Waals surface area contributed by atoms with E-state index in [4.69, 9.17) is 0 Å². The van der Waals surface area contributed by atoms with Gasteiger partial charge in [-0.25, -0.2) is 4.39 Å². The normalized spacial score (nSPS) is 12.7. The van der Waals surface area contributed by atoms with Crippen LogP contribution >= 0.6 is 43.2 Å². The number of benzene rings is 1. The van der Waals surface area contributed by atoms with Gasteiger partial charge < -0.3 is 0 Å². The molecule has 0 N–H and O–H groups in total. The number of alkyl halides is 1. The van der Waals surface area contributed by atoms with Gasteiger partial charge in [-0.2, -0.15) is 11.3 Å². The van der Waals surface area contributed by atoms with E-state index in [1.165, 1.54) is 11.6 Å². The Hall–Kier alpha value is -0.190. The van der Waals surface area contributed by atoms with E-state index in [9.17, 15) is 4.39 Å². The molecule has 1 heterocycles. The van der Waals surface area contributed by atoms with Gasteiger partial charge in [0.25, 0.3) is 0 Å². The molecule has 0 bridgehead atoms. The van der Waals surface area contributed by atoms with Crippen molar-refractivity contribution >= 4 is 43.2 Å². The van der Waals surface area contributed by atoms with Crippen LogP contribution in [-0.4, -0.2) is 0 Å². The SMILES string of the molecule is Fc1ccc(Br)cc1C(Br)Cc1ccsc1. The second-order valence-electron chi connectivity index (χ2n) is 3.47. The summed E-state index contributed by atoms with van der Waals surface area (Å²) < 4.78 is 14.5. The molecular formula is C12H9Br2FS. The van der Waals surface area contributed by atoms with Gasteiger partial charge in [0.05, 0.1) is 0 Å². The Balaban J connectivity index is 2.20. The van der Waals surface area contributed by atoms with Crippen molar-refractivity contribution in [2.45, 2.75) is 11.2 Å². The molecular weight excluding hydrogens is 355 g/mol. The summed E-state index contributed by atoms with van der Waals surface area (Å²) >= 11 is 8.55. The quantitative estimate of drug-likeness (QED) is 0.646. The summed E-state index contributed by atoms with van der Waals surface area (Å²) in [6.07, 6.45) is 0.802. The van der Waals surface area contributed by atoms with Crippen LogP contribution in [0.15, 0.2) is 39.5 Å². The van der Waals surface area contributed by atoms with E-state index >= 15 is 0 Å². The van der Waals surface area contributed by atoms with Gasteiger partial charge in [-0.1, -0.05) is 31.9 Å². The maximum Gasteiger partial charge on any atom is 0.127 e. The van der Waals surface area contributed by atoms with Crippen LogP contribution in [0.3, 0.4) is 0 Å². The Bertz CT molecular complexity index is 468. The molecule has 0 amide bonds. The van der Waals surface area contributed by atoms with Crippen LogP contribution in [0, 0.1) is 5.82 Å². The Labute approximate surface area is 115 Å². The maximum absolute atomic E-state index is 13.6. The second-order valence-corrected chi connectivity index (χ2v) is 6.27. The molecule has 1 aromatic heterocycles. The summed E-state index contributed by atoms with van der Waals surface area (Å²) in [5, 5.41) is 4.12. The summed E-state index contributed by atoms with van der Waals surface area (Å²) in [5.74, 6) is -0.166. The molecule has 84 valence electrons. The molecule has 1 atom stereocenters. The highest BCUT2D eigenvalue weighted by Crippen LogP contribution is 2.31. The van der Waals surface area contributed by atoms with Crippen LogP contribution in [0.25, 0.3) is 0 Å². The first kappa shape index (κ1) is 12.3. The van der Waals surface area contributed by atoms with Crippen molar-refractivity contribution < 1.29 is 4.39 Å². The van der Waals surface area contributed by atoms with E-state index in [-0.39, 0.29) is 10.6 Å². The third kappa shape index (κ3) is 2.93. The van der Waals surface area contributed by atoms with Crippen molar-refractivity contribution in [3.8, 4) is 0 Å². The van der Waals surface area contributed by atoms with Crippen LogP contribution in [0.1, 0.15) is 16.0 Å². The van der Waals surface area contributed by atoms with Crippen LogP contribution in [0.4, 0.5) is 4.39 Å². The lowest BCUT2D eigenvalue weighted by Gasteiger charge is -2.10. The van der Waals surface area contributed by atoms with Gasteiger partial charge in [-0.05, 0) is 47.0 Å². The fourth-order valence-electron chi connectivity index (χ4n) is 1.48. The van der Waals surface area contributed by atoms with Crippen LogP contribution in [-0.2, 0) is 6.42 Å². The zero-order chi connectivity index (χ0) is 11.5. The average molecular weight is 364 g/mol. The Morgan fingerprint density at radius 2 is 2.12 bits per heavy atom. The summed E-state index contributed by atoms with van der Waals surface area (Å²) in [7, 11) is 0. The van der Waals surface area contributed by atoms with E-state index in [0.29, 0.717) is 5.56 Å². The standard InChI is InChI=1S/C12H9Br2FS/c13-9-1-2-12(15)10(6-9)11(14)5-8-3-4-16-7-8/h1-4,6-7,11H,5H2. The fraction of sp³-hybridized carbons (Fsp3) is 0.167. The van der Waals surface area contributed by atoms with Crippen molar-refractivity contribution in [3.63, 3.8) is 0 Å². The molecule has 4 heteroatoms. The lowest BCUT2D eigenvalue weighted by Crippen LogP contribution is -1.97. The number of hydrogen-bond donors (Lipinski definition) is 0. The molecule has 0 aliphatic carbocycles. The number of thiophene rings is 1. The molecule has 0 fully saturated rings. The van der Waals surface area contributed by atoms with Crippen molar-refractivity contribution in [3.05, 3.63) is 56.4 Å². The first-order valence-electron chi connectivity index (χ1n) is 4.77. The topological polar surface area (TPSA) is 0 Å². The van der Waals surface area contributed by atoms with Gasteiger partial charge in [-0.3, -0.25) is 0 Å². The highest BCUT2D eigenvalue weighted by molar-refractivity contribution is 9.10. The molecule has 16 heavy (non-hydrogen) atoms. The number of hydrogen-bond acceptors (Lipinski definition) is 1. The average Bonchev–Trinajstić information content (AvgIpc) is 2.74. The molecule has 0 radical (unpaired) electrons. The first-order chi connectivity index (χ1) is 7.66. The highest BCUT2D eigenvalue weighted by atomic mass is 79.9. The third-order valence-electron chi connectivity index (χ3n) is 2.29. The van der Waals surface area contributed by atoms with Gasteiger partial charge in [0.1, 0.15) is 5.82 Å². The molecule has 0 spiro atoms. The number of halogens is 3. The van der Waals surface area contributed by atoms with Crippen molar-refractivity contribution in [1.29, 1.82) is 0 Å². The molecule has 1 unspecified atom stereocenters. The third-order valence-corrected chi connectivity index (χ3v) is 4.33. The highest BCUT2D eigenvalue weighted by Gasteiger charge is 2.13. The molecule has 0 aliphatic heterocycles. The summed E-state index contributed by atoms with van der Waals surface area (Å²) in [6, 6.07) is 7.08. The largest absolute Gasteiger partial charge is 0.207 e. The van der Waals surface area contributed by atoms with Gasteiger partial charge in [0.15, 0.2) is 0 Å². The minimum absolute atomic E-state index is 0.0135. The van der Waals surface area contributed by atoms with E-state index in [1.54, 1.807) is 17.4 Å². The minimum atomic E-state index is -0.166. The van der Waals surface area contributed by atoms with Crippen LogP contribution < -0.4 is 0 Å². The van der Waals surface area contributed by atoms with Crippen molar-refractivity contribution in [1.82, 2.24) is 0 Å². The molecule has 0 saturated carbocycles. The number of rotatable bonds is 3. The van der Waals surface area contributed by atoms with Gasteiger partial charge in [0, 0.05) is 14.9 Å². The smallest absolute Gasteiger partial charge is 0.127 e. The molecule has 0 nitrogen and oxygen atoms in total.